The number of aryl methyl sites for hydroxylation is 2. The number of carbonyl (C=O) groups is 2. The van der Waals surface area contributed by atoms with Gasteiger partial charge < -0.3 is 9.88 Å². The van der Waals surface area contributed by atoms with Crippen molar-refractivity contribution in [2.75, 3.05) is 19.6 Å². The molecule has 6 heteroatoms. The van der Waals surface area contributed by atoms with Crippen LogP contribution in [0.15, 0.2) is 47.5 Å². The zero-order chi connectivity index (χ0) is 23.9. The Morgan fingerprint density at radius 2 is 1.80 bits per heavy atom. The Balaban J connectivity index is 1.14. The van der Waals surface area contributed by atoms with Crippen molar-refractivity contribution in [1.82, 2.24) is 14.8 Å². The largest absolute Gasteiger partial charge is 0.359 e. The molecule has 2 aliphatic carbocycles. The number of benzene rings is 2. The van der Waals surface area contributed by atoms with Gasteiger partial charge in [-0.25, -0.2) is 0 Å². The second-order valence-electron chi connectivity index (χ2n) is 11.1. The maximum atomic E-state index is 13.3. The molecule has 1 spiro atoms. The van der Waals surface area contributed by atoms with E-state index in [1.807, 2.05) is 9.80 Å². The SMILES string of the molecule is Cc1cc2cc(-c3ccc(C4=NC5(CC5)C(=O)N4CC4CN(C(=O)C5CC5)C4)c(C)c3)ccc2[nH]1. The summed E-state index contributed by atoms with van der Waals surface area (Å²) in [4.78, 5) is 37.9. The number of nitrogens with zero attached hydrogens (tertiary/aromatic N) is 3. The van der Waals surface area contributed by atoms with E-state index in [1.54, 1.807) is 0 Å². The summed E-state index contributed by atoms with van der Waals surface area (Å²) in [6.45, 7) is 6.36. The summed E-state index contributed by atoms with van der Waals surface area (Å²) in [6, 6.07) is 15.2. The lowest BCUT2D eigenvalue weighted by atomic mass is 9.96. The van der Waals surface area contributed by atoms with Crippen molar-refractivity contribution in [1.29, 1.82) is 0 Å². The first kappa shape index (κ1) is 20.9. The molecule has 35 heavy (non-hydrogen) atoms. The van der Waals surface area contributed by atoms with Gasteiger partial charge in [-0.3, -0.25) is 19.5 Å². The third-order valence-corrected chi connectivity index (χ3v) is 8.13. The first-order valence-electron chi connectivity index (χ1n) is 12.8. The number of H-pyrrole nitrogens is 1. The molecule has 0 unspecified atom stereocenters. The average Bonchev–Trinajstić information content (AvgIpc) is 3.72. The Hall–Kier alpha value is -3.41. The van der Waals surface area contributed by atoms with E-state index in [1.165, 1.54) is 10.9 Å². The van der Waals surface area contributed by atoms with Gasteiger partial charge in [-0.1, -0.05) is 24.3 Å². The molecule has 0 atom stereocenters. The molecule has 3 fully saturated rings. The summed E-state index contributed by atoms with van der Waals surface area (Å²) in [7, 11) is 0. The normalized spacial score (nSPS) is 21.1. The van der Waals surface area contributed by atoms with Crippen LogP contribution < -0.4 is 0 Å². The molecule has 2 aromatic carbocycles. The van der Waals surface area contributed by atoms with Gasteiger partial charge in [0, 0.05) is 53.6 Å². The number of rotatable bonds is 5. The van der Waals surface area contributed by atoms with Crippen molar-refractivity contribution in [2.45, 2.75) is 45.1 Å². The Morgan fingerprint density at radius 3 is 2.51 bits per heavy atom. The lowest BCUT2D eigenvalue weighted by Gasteiger charge is -2.41. The minimum absolute atomic E-state index is 0.149. The number of hydrogen-bond donors (Lipinski definition) is 1. The van der Waals surface area contributed by atoms with E-state index in [9.17, 15) is 9.59 Å². The molecule has 0 bridgehead atoms. The number of hydrogen-bond acceptors (Lipinski definition) is 3. The molecule has 1 N–H and O–H groups in total. The number of likely N-dealkylation sites (tertiary alicyclic amines) is 1. The summed E-state index contributed by atoms with van der Waals surface area (Å²) in [5, 5.41) is 1.21. The molecule has 178 valence electrons. The van der Waals surface area contributed by atoms with Crippen LogP contribution >= 0.6 is 0 Å². The fraction of sp³-hybridized carbons (Fsp3) is 0.414. The maximum Gasteiger partial charge on any atom is 0.256 e. The maximum absolute atomic E-state index is 13.3. The molecule has 7 rings (SSSR count). The van der Waals surface area contributed by atoms with Gasteiger partial charge in [-0.05, 0) is 74.4 Å². The van der Waals surface area contributed by atoms with Crippen molar-refractivity contribution in [3.63, 3.8) is 0 Å². The molecule has 4 aliphatic rings. The molecule has 1 aromatic heterocycles. The van der Waals surface area contributed by atoms with Crippen molar-refractivity contribution in [2.24, 2.45) is 16.8 Å². The molecular weight excluding hydrogens is 436 g/mol. The first-order chi connectivity index (χ1) is 16.9. The molecule has 6 nitrogen and oxygen atoms in total. The van der Waals surface area contributed by atoms with Crippen LogP contribution in [0, 0.1) is 25.7 Å². The van der Waals surface area contributed by atoms with E-state index in [-0.39, 0.29) is 11.8 Å². The topological polar surface area (TPSA) is 68.8 Å². The fourth-order valence-electron chi connectivity index (χ4n) is 5.74. The van der Waals surface area contributed by atoms with Gasteiger partial charge >= 0.3 is 0 Å². The molecule has 0 radical (unpaired) electrons. The van der Waals surface area contributed by atoms with Crippen LogP contribution in [-0.4, -0.2) is 57.6 Å². The second-order valence-corrected chi connectivity index (χ2v) is 11.1. The Morgan fingerprint density at radius 1 is 1.06 bits per heavy atom. The van der Waals surface area contributed by atoms with Gasteiger partial charge in [0.1, 0.15) is 11.4 Å². The van der Waals surface area contributed by atoms with Gasteiger partial charge in [-0.15, -0.1) is 0 Å². The predicted molar refractivity (Wildman–Crippen MR) is 136 cm³/mol. The molecule has 2 saturated carbocycles. The highest BCUT2D eigenvalue weighted by atomic mass is 16.2. The minimum atomic E-state index is -0.523. The highest BCUT2D eigenvalue weighted by Crippen LogP contribution is 2.46. The summed E-state index contributed by atoms with van der Waals surface area (Å²) in [6.07, 6.45) is 3.77. The Labute approximate surface area is 205 Å². The number of carbonyl (C=O) groups excluding carboxylic acids is 2. The first-order valence-corrected chi connectivity index (χ1v) is 12.8. The molecular formula is C29H30N4O2. The highest BCUT2D eigenvalue weighted by molar-refractivity contribution is 6.17. The van der Waals surface area contributed by atoms with Gasteiger partial charge in [0.2, 0.25) is 5.91 Å². The van der Waals surface area contributed by atoms with Gasteiger partial charge in [-0.2, -0.15) is 0 Å². The number of nitrogens with one attached hydrogen (secondary N) is 1. The summed E-state index contributed by atoms with van der Waals surface area (Å²) < 4.78 is 0. The zero-order valence-electron chi connectivity index (χ0n) is 20.3. The molecule has 3 aromatic rings. The van der Waals surface area contributed by atoms with Crippen LogP contribution in [-0.2, 0) is 9.59 Å². The Kier molecular flexibility index (Phi) is 4.36. The van der Waals surface area contributed by atoms with E-state index in [0.717, 1.165) is 72.5 Å². The van der Waals surface area contributed by atoms with Crippen LogP contribution in [0.1, 0.15) is 42.5 Å². The van der Waals surface area contributed by atoms with Crippen LogP contribution in [0.5, 0.6) is 0 Å². The van der Waals surface area contributed by atoms with E-state index >= 15 is 0 Å². The number of aliphatic imine (C=N–C) groups is 1. The summed E-state index contributed by atoms with van der Waals surface area (Å²) in [5.41, 5.74) is 6.30. The van der Waals surface area contributed by atoms with Gasteiger partial charge in [0.15, 0.2) is 0 Å². The third kappa shape index (κ3) is 3.41. The minimum Gasteiger partial charge on any atom is -0.359 e. The standard InChI is InChI=1S/C29H30N4O2/c1-17-11-21(22-6-8-25-23(13-22)12-18(2)30-25)5-7-24(17)26-31-29(9-10-29)28(35)33(26)16-19-14-32(15-19)27(34)20-3-4-20/h5-8,11-13,19-20,30H,3-4,9-10,14-16H2,1-2H3. The van der Waals surface area contributed by atoms with Crippen molar-refractivity contribution in [3.05, 3.63) is 59.3 Å². The average molecular weight is 467 g/mol. The lowest BCUT2D eigenvalue weighted by molar-refractivity contribution is -0.139. The number of amidine groups is 1. The number of aromatic nitrogens is 1. The van der Waals surface area contributed by atoms with E-state index in [2.05, 4.69) is 61.3 Å². The fourth-order valence-corrected chi connectivity index (χ4v) is 5.74. The predicted octanol–water partition coefficient (Wildman–Crippen LogP) is 4.44. The van der Waals surface area contributed by atoms with E-state index in [0.29, 0.717) is 18.4 Å². The van der Waals surface area contributed by atoms with Crippen LogP contribution in [0.4, 0.5) is 0 Å². The quantitative estimate of drug-likeness (QED) is 0.604. The van der Waals surface area contributed by atoms with Crippen LogP contribution in [0.3, 0.4) is 0 Å². The molecule has 1 saturated heterocycles. The summed E-state index contributed by atoms with van der Waals surface area (Å²) in [5.74, 6) is 1.87. The van der Waals surface area contributed by atoms with Crippen LogP contribution in [0.25, 0.3) is 22.0 Å². The Bertz CT molecular complexity index is 1420. The van der Waals surface area contributed by atoms with Gasteiger partial charge in [0.05, 0.1) is 0 Å². The second kappa shape index (κ2) is 7.30. The smallest absolute Gasteiger partial charge is 0.256 e. The number of fused-ring (bicyclic) bond motifs is 1. The zero-order valence-corrected chi connectivity index (χ0v) is 20.3. The molecule has 2 aliphatic heterocycles. The third-order valence-electron chi connectivity index (χ3n) is 8.13. The molecule has 3 heterocycles. The lowest BCUT2D eigenvalue weighted by Crippen LogP contribution is -2.55. The van der Waals surface area contributed by atoms with Crippen molar-refractivity contribution < 1.29 is 9.59 Å². The number of aromatic amines is 1. The van der Waals surface area contributed by atoms with E-state index < -0.39 is 5.54 Å². The monoisotopic (exact) mass is 466 g/mol. The van der Waals surface area contributed by atoms with E-state index in [4.69, 9.17) is 4.99 Å². The van der Waals surface area contributed by atoms with Crippen molar-refractivity contribution in [3.8, 4) is 11.1 Å². The van der Waals surface area contributed by atoms with Gasteiger partial charge in [0.25, 0.3) is 5.91 Å². The summed E-state index contributed by atoms with van der Waals surface area (Å²) >= 11 is 0. The van der Waals surface area contributed by atoms with Crippen molar-refractivity contribution >= 4 is 28.6 Å². The molecule has 2 amide bonds. The van der Waals surface area contributed by atoms with Crippen LogP contribution in [0.2, 0.25) is 0 Å². The highest BCUT2D eigenvalue weighted by Gasteiger charge is 2.58. The number of amides is 2.